The van der Waals surface area contributed by atoms with E-state index >= 15 is 0 Å². The smallest absolute Gasteiger partial charge is 0.262 e. The summed E-state index contributed by atoms with van der Waals surface area (Å²) in [4.78, 5) is 22.9. The van der Waals surface area contributed by atoms with Crippen LogP contribution in [0, 0.1) is 19.7 Å². The van der Waals surface area contributed by atoms with Crippen molar-refractivity contribution >= 4 is 23.6 Å². The van der Waals surface area contributed by atoms with E-state index in [-0.39, 0.29) is 17.7 Å². The molecule has 0 atom stereocenters. The summed E-state index contributed by atoms with van der Waals surface area (Å²) in [7, 11) is 1.65. The van der Waals surface area contributed by atoms with Crippen LogP contribution in [-0.4, -0.2) is 27.8 Å². The van der Waals surface area contributed by atoms with E-state index in [9.17, 15) is 9.18 Å². The van der Waals surface area contributed by atoms with E-state index in [0.29, 0.717) is 34.2 Å². The SMILES string of the molecule is Cc1ccc(-c2nc(N)nc3c2C(=O)N(C)/C3=C\c2ccc(F)cc2C)o1. The van der Waals surface area contributed by atoms with Gasteiger partial charge < -0.3 is 15.1 Å². The second kappa shape index (κ2) is 6.05. The minimum absolute atomic E-state index is 0.0441. The molecule has 0 unspecified atom stereocenters. The molecule has 4 rings (SSSR count). The second-order valence-corrected chi connectivity index (χ2v) is 6.46. The molecule has 7 heteroatoms. The maximum Gasteiger partial charge on any atom is 0.262 e. The topological polar surface area (TPSA) is 85.2 Å². The first kappa shape index (κ1) is 17.0. The van der Waals surface area contributed by atoms with Gasteiger partial charge in [-0.15, -0.1) is 0 Å². The highest BCUT2D eigenvalue weighted by Crippen LogP contribution is 2.38. The Hall–Kier alpha value is -3.48. The number of carbonyl (C=O) groups is 1. The van der Waals surface area contributed by atoms with Crippen LogP contribution >= 0.6 is 0 Å². The summed E-state index contributed by atoms with van der Waals surface area (Å²) in [5, 5.41) is 0. The molecule has 3 heterocycles. The van der Waals surface area contributed by atoms with Crippen LogP contribution in [-0.2, 0) is 0 Å². The Morgan fingerprint density at radius 1 is 1.15 bits per heavy atom. The van der Waals surface area contributed by atoms with Crippen LogP contribution in [0.25, 0.3) is 23.2 Å². The third-order valence-electron chi connectivity index (χ3n) is 4.55. The largest absolute Gasteiger partial charge is 0.460 e. The van der Waals surface area contributed by atoms with Crippen molar-refractivity contribution in [3.63, 3.8) is 0 Å². The molecule has 1 aromatic carbocycles. The fourth-order valence-corrected chi connectivity index (χ4v) is 3.16. The Bertz CT molecular complexity index is 1120. The average Bonchev–Trinajstić information content (AvgIpc) is 3.14. The van der Waals surface area contributed by atoms with Gasteiger partial charge in [-0.1, -0.05) is 6.07 Å². The average molecular weight is 364 g/mol. The van der Waals surface area contributed by atoms with Gasteiger partial charge in [-0.05, 0) is 55.3 Å². The van der Waals surface area contributed by atoms with Gasteiger partial charge in [-0.2, -0.15) is 0 Å². The zero-order valence-electron chi connectivity index (χ0n) is 15.1. The first-order chi connectivity index (χ1) is 12.8. The van der Waals surface area contributed by atoms with Gasteiger partial charge in [0, 0.05) is 7.05 Å². The minimum Gasteiger partial charge on any atom is -0.460 e. The number of aryl methyl sites for hydroxylation is 2. The van der Waals surface area contributed by atoms with Crippen LogP contribution in [0.5, 0.6) is 0 Å². The number of nitrogens with zero attached hydrogens (tertiary/aromatic N) is 3. The predicted octanol–water partition coefficient (Wildman–Crippen LogP) is 3.66. The summed E-state index contributed by atoms with van der Waals surface area (Å²) in [6.45, 7) is 3.61. The third-order valence-corrected chi connectivity index (χ3v) is 4.55. The highest BCUT2D eigenvalue weighted by atomic mass is 19.1. The lowest BCUT2D eigenvalue weighted by Gasteiger charge is -2.11. The summed E-state index contributed by atoms with van der Waals surface area (Å²) in [6.07, 6.45) is 1.79. The quantitative estimate of drug-likeness (QED) is 0.750. The Kier molecular flexibility index (Phi) is 3.80. The van der Waals surface area contributed by atoms with Crippen LogP contribution in [0.1, 0.15) is 32.9 Å². The van der Waals surface area contributed by atoms with Gasteiger partial charge in [0.05, 0.1) is 11.3 Å². The summed E-state index contributed by atoms with van der Waals surface area (Å²) >= 11 is 0. The van der Waals surface area contributed by atoms with Gasteiger partial charge in [0.15, 0.2) is 5.76 Å². The summed E-state index contributed by atoms with van der Waals surface area (Å²) in [6, 6.07) is 8.02. The molecular formula is C20H17FN4O2. The Balaban J connectivity index is 1.94. The molecule has 0 spiro atoms. The number of anilines is 1. The van der Waals surface area contributed by atoms with Gasteiger partial charge in [0.1, 0.15) is 23.0 Å². The first-order valence-corrected chi connectivity index (χ1v) is 8.35. The molecule has 0 fully saturated rings. The van der Waals surface area contributed by atoms with Crippen LogP contribution < -0.4 is 5.73 Å². The Labute approximate surface area is 155 Å². The highest BCUT2D eigenvalue weighted by Gasteiger charge is 2.36. The third kappa shape index (κ3) is 2.77. The van der Waals surface area contributed by atoms with E-state index in [1.165, 1.54) is 17.0 Å². The molecule has 1 aliphatic rings. The van der Waals surface area contributed by atoms with Crippen LogP contribution in [0.2, 0.25) is 0 Å². The zero-order valence-corrected chi connectivity index (χ0v) is 15.1. The molecule has 0 saturated heterocycles. The summed E-state index contributed by atoms with van der Waals surface area (Å²) in [5.74, 6) is 0.641. The number of benzene rings is 1. The fraction of sp³-hybridized carbons (Fsp3) is 0.150. The number of fused-ring (bicyclic) bond motifs is 1. The Morgan fingerprint density at radius 3 is 2.56 bits per heavy atom. The zero-order chi connectivity index (χ0) is 19.3. The van der Waals surface area contributed by atoms with Gasteiger partial charge >= 0.3 is 0 Å². The van der Waals surface area contributed by atoms with Gasteiger partial charge in [-0.25, -0.2) is 14.4 Å². The molecule has 1 amide bonds. The maximum atomic E-state index is 13.4. The lowest BCUT2D eigenvalue weighted by molar-refractivity contribution is 0.0875. The van der Waals surface area contributed by atoms with E-state index in [0.717, 1.165) is 11.1 Å². The molecule has 2 aromatic heterocycles. The lowest BCUT2D eigenvalue weighted by atomic mass is 10.1. The molecular weight excluding hydrogens is 347 g/mol. The number of nitrogens with two attached hydrogens (primary N) is 1. The highest BCUT2D eigenvalue weighted by molar-refractivity contribution is 6.14. The molecule has 1 aliphatic heterocycles. The van der Waals surface area contributed by atoms with Crippen molar-refractivity contribution in [3.8, 4) is 11.5 Å². The molecule has 0 bridgehead atoms. The molecule has 0 saturated carbocycles. The van der Waals surface area contributed by atoms with Gasteiger partial charge in [0.25, 0.3) is 5.91 Å². The number of hydrogen-bond donors (Lipinski definition) is 1. The number of nitrogen functional groups attached to an aromatic ring is 1. The second-order valence-electron chi connectivity index (χ2n) is 6.46. The van der Waals surface area contributed by atoms with E-state index in [4.69, 9.17) is 10.2 Å². The standard InChI is InChI=1S/C20H17FN4O2/c1-10-8-13(21)6-5-12(10)9-14-17-16(19(26)25(14)3)18(24-20(22)23-17)15-7-4-11(2)27-15/h4-9H,1-3H3,(H2,22,23,24)/b14-9-. The van der Waals surface area contributed by atoms with E-state index in [1.54, 1.807) is 38.2 Å². The number of carbonyl (C=O) groups excluding carboxylic acids is 1. The van der Waals surface area contributed by atoms with E-state index < -0.39 is 0 Å². The lowest BCUT2D eigenvalue weighted by Crippen LogP contribution is -2.17. The molecule has 136 valence electrons. The molecule has 0 radical (unpaired) electrons. The monoisotopic (exact) mass is 364 g/mol. The predicted molar refractivity (Wildman–Crippen MR) is 100.0 cm³/mol. The first-order valence-electron chi connectivity index (χ1n) is 8.35. The Morgan fingerprint density at radius 2 is 1.89 bits per heavy atom. The summed E-state index contributed by atoms with van der Waals surface area (Å²) < 4.78 is 19.0. The molecule has 0 aliphatic carbocycles. The maximum absolute atomic E-state index is 13.4. The van der Waals surface area contributed by atoms with Crippen molar-refractivity contribution < 1.29 is 13.6 Å². The van der Waals surface area contributed by atoms with Gasteiger partial charge in [0.2, 0.25) is 5.95 Å². The normalized spacial score (nSPS) is 14.9. The molecule has 3 aromatic rings. The molecule has 27 heavy (non-hydrogen) atoms. The van der Waals surface area contributed by atoms with Crippen LogP contribution in [0.4, 0.5) is 10.3 Å². The number of furan rings is 1. The van der Waals surface area contributed by atoms with Crippen molar-refractivity contribution in [1.82, 2.24) is 14.9 Å². The molecule has 6 nitrogen and oxygen atoms in total. The minimum atomic E-state index is -0.312. The van der Waals surface area contributed by atoms with Crippen molar-refractivity contribution in [2.45, 2.75) is 13.8 Å². The van der Waals surface area contributed by atoms with Crippen LogP contribution in [0.3, 0.4) is 0 Å². The van der Waals surface area contributed by atoms with Crippen molar-refractivity contribution in [3.05, 3.63) is 64.3 Å². The van der Waals surface area contributed by atoms with Crippen molar-refractivity contribution in [1.29, 1.82) is 0 Å². The van der Waals surface area contributed by atoms with Crippen molar-refractivity contribution in [2.75, 3.05) is 12.8 Å². The van der Waals surface area contributed by atoms with E-state index in [1.807, 2.05) is 6.92 Å². The number of hydrogen-bond acceptors (Lipinski definition) is 5. The van der Waals surface area contributed by atoms with Crippen LogP contribution in [0.15, 0.2) is 34.7 Å². The number of rotatable bonds is 2. The fourth-order valence-electron chi connectivity index (χ4n) is 3.16. The summed E-state index contributed by atoms with van der Waals surface area (Å²) in [5.41, 5.74) is 9.14. The van der Waals surface area contributed by atoms with Crippen molar-refractivity contribution in [2.24, 2.45) is 0 Å². The number of halogens is 1. The van der Waals surface area contributed by atoms with E-state index in [2.05, 4.69) is 9.97 Å². The van der Waals surface area contributed by atoms with Gasteiger partial charge in [-0.3, -0.25) is 4.79 Å². The number of amides is 1. The number of aromatic nitrogens is 2. The molecule has 2 N–H and O–H groups in total.